The number of nitrogens with zero attached hydrogens (tertiary/aromatic N) is 4. The maximum atomic E-state index is 9.43. The quantitative estimate of drug-likeness (QED) is 0.774. The zero-order chi connectivity index (χ0) is 20.4. The Morgan fingerprint density at radius 2 is 1.67 bits per heavy atom. The summed E-state index contributed by atoms with van der Waals surface area (Å²) in [5.41, 5.74) is 2.78. The van der Waals surface area contributed by atoms with Crippen molar-refractivity contribution in [3.05, 3.63) is 36.5 Å². The minimum Gasteiger partial charge on any atom is -0.396 e. The predicted octanol–water partition coefficient (Wildman–Crippen LogP) is 4.20. The van der Waals surface area contributed by atoms with Crippen LogP contribution in [0.15, 0.2) is 36.5 Å². The summed E-state index contributed by atoms with van der Waals surface area (Å²) in [5, 5.41) is 12.9. The van der Waals surface area contributed by atoms with Crippen molar-refractivity contribution in [2.24, 2.45) is 11.3 Å². The summed E-state index contributed by atoms with van der Waals surface area (Å²) in [4.78, 5) is 14.0. The van der Waals surface area contributed by atoms with E-state index in [1.165, 1.54) is 50.6 Å². The number of piperidine rings is 1. The van der Waals surface area contributed by atoms with Crippen LogP contribution in [-0.2, 0) is 0 Å². The molecule has 0 bridgehead atoms. The van der Waals surface area contributed by atoms with Gasteiger partial charge in [0.2, 0.25) is 5.95 Å². The van der Waals surface area contributed by atoms with Crippen LogP contribution in [0.3, 0.4) is 0 Å². The molecule has 2 N–H and O–H groups in total. The number of hydrogen-bond acceptors (Lipinski definition) is 6. The Bertz CT molecular complexity index is 839. The summed E-state index contributed by atoms with van der Waals surface area (Å²) in [7, 11) is 0. The van der Waals surface area contributed by atoms with E-state index in [0.29, 0.717) is 17.9 Å². The summed E-state index contributed by atoms with van der Waals surface area (Å²) in [5.74, 6) is 2.24. The third-order valence-electron chi connectivity index (χ3n) is 7.38. The van der Waals surface area contributed by atoms with E-state index < -0.39 is 0 Å². The maximum absolute atomic E-state index is 9.43. The van der Waals surface area contributed by atoms with Crippen LogP contribution in [0.5, 0.6) is 0 Å². The van der Waals surface area contributed by atoms with E-state index in [4.69, 9.17) is 4.98 Å². The van der Waals surface area contributed by atoms with Crippen molar-refractivity contribution in [2.75, 3.05) is 47.9 Å². The number of benzene rings is 1. The molecule has 0 amide bonds. The molecular weight excluding hydrogens is 374 g/mol. The molecule has 0 radical (unpaired) electrons. The fraction of sp³-hybridized carbons (Fsp3) is 0.583. The number of aliphatic hydroxyl groups excluding tert-OH is 1. The molecule has 1 aliphatic carbocycles. The Hall–Kier alpha value is -2.34. The zero-order valence-corrected chi connectivity index (χ0v) is 17.8. The van der Waals surface area contributed by atoms with Gasteiger partial charge in [-0.15, -0.1) is 0 Å². The van der Waals surface area contributed by atoms with E-state index in [1.54, 1.807) is 0 Å². The average molecular weight is 408 g/mol. The Morgan fingerprint density at radius 1 is 0.933 bits per heavy atom. The fourth-order valence-corrected chi connectivity index (χ4v) is 5.26. The summed E-state index contributed by atoms with van der Waals surface area (Å²) in [6.07, 6.45) is 10.5. The average Bonchev–Trinajstić information content (AvgIpc) is 3.54. The second-order valence-electron chi connectivity index (χ2n) is 9.25. The summed E-state index contributed by atoms with van der Waals surface area (Å²) < 4.78 is 0. The van der Waals surface area contributed by atoms with Crippen LogP contribution in [0, 0.1) is 11.3 Å². The van der Waals surface area contributed by atoms with E-state index in [9.17, 15) is 5.11 Å². The predicted molar refractivity (Wildman–Crippen MR) is 122 cm³/mol. The Kier molecular flexibility index (Phi) is 5.50. The third-order valence-corrected chi connectivity index (χ3v) is 7.38. The van der Waals surface area contributed by atoms with E-state index in [2.05, 4.69) is 44.4 Å². The number of nitrogens with one attached hydrogen (secondary N) is 1. The van der Waals surface area contributed by atoms with Gasteiger partial charge >= 0.3 is 0 Å². The van der Waals surface area contributed by atoms with Gasteiger partial charge in [0.05, 0.1) is 0 Å². The molecule has 30 heavy (non-hydrogen) atoms. The third kappa shape index (κ3) is 4.10. The van der Waals surface area contributed by atoms with E-state index in [-0.39, 0.29) is 0 Å². The highest BCUT2D eigenvalue weighted by molar-refractivity contribution is 5.61. The lowest BCUT2D eigenvalue weighted by Crippen LogP contribution is -2.35. The van der Waals surface area contributed by atoms with Gasteiger partial charge in [0.1, 0.15) is 5.82 Å². The van der Waals surface area contributed by atoms with Gasteiger partial charge in [-0.05, 0) is 73.8 Å². The van der Waals surface area contributed by atoms with E-state index >= 15 is 0 Å². The van der Waals surface area contributed by atoms with E-state index in [1.807, 2.05) is 12.3 Å². The topological polar surface area (TPSA) is 64.5 Å². The highest BCUT2D eigenvalue weighted by Gasteiger charge is 2.54. The first kappa shape index (κ1) is 19.6. The molecule has 1 unspecified atom stereocenters. The lowest BCUT2D eigenvalue weighted by Gasteiger charge is -2.34. The van der Waals surface area contributed by atoms with Crippen LogP contribution in [0.1, 0.15) is 44.9 Å². The van der Waals surface area contributed by atoms with Crippen molar-refractivity contribution in [1.82, 2.24) is 9.97 Å². The van der Waals surface area contributed by atoms with Crippen LogP contribution in [-0.4, -0.2) is 47.9 Å². The molecule has 6 nitrogen and oxygen atoms in total. The Labute approximate surface area is 179 Å². The Balaban J connectivity index is 1.20. The van der Waals surface area contributed by atoms with Crippen LogP contribution in [0.4, 0.5) is 23.1 Å². The van der Waals surface area contributed by atoms with Crippen molar-refractivity contribution in [2.45, 2.75) is 44.9 Å². The highest BCUT2D eigenvalue weighted by atomic mass is 16.3. The molecule has 3 aliphatic rings. The summed E-state index contributed by atoms with van der Waals surface area (Å²) in [6, 6.07) is 10.6. The molecule has 2 saturated heterocycles. The van der Waals surface area contributed by atoms with Gasteiger partial charge in [-0.3, -0.25) is 0 Å². The highest BCUT2D eigenvalue weighted by Crippen LogP contribution is 2.59. The monoisotopic (exact) mass is 407 g/mol. The molecule has 3 heterocycles. The largest absolute Gasteiger partial charge is 0.396 e. The van der Waals surface area contributed by atoms with Gasteiger partial charge in [0, 0.05) is 50.4 Å². The van der Waals surface area contributed by atoms with Gasteiger partial charge in [0.15, 0.2) is 0 Å². The zero-order valence-electron chi connectivity index (χ0n) is 17.8. The molecular formula is C24H33N5O. The lowest BCUT2D eigenvalue weighted by atomic mass is 9.90. The second kappa shape index (κ2) is 8.42. The molecule has 2 aromatic rings. The molecule has 1 aromatic heterocycles. The normalized spacial score (nSPS) is 23.3. The first-order chi connectivity index (χ1) is 14.8. The van der Waals surface area contributed by atoms with Crippen molar-refractivity contribution >= 4 is 23.1 Å². The number of hydrogen-bond donors (Lipinski definition) is 2. The van der Waals surface area contributed by atoms with Crippen LogP contribution in [0.25, 0.3) is 0 Å². The smallest absolute Gasteiger partial charge is 0.227 e. The van der Waals surface area contributed by atoms with Crippen molar-refractivity contribution in [3.8, 4) is 0 Å². The molecule has 1 saturated carbocycles. The van der Waals surface area contributed by atoms with Crippen molar-refractivity contribution in [3.63, 3.8) is 0 Å². The molecule has 5 rings (SSSR count). The first-order valence-corrected chi connectivity index (χ1v) is 11.6. The molecule has 6 heteroatoms. The molecule has 1 atom stereocenters. The van der Waals surface area contributed by atoms with E-state index in [0.717, 1.165) is 43.6 Å². The molecule has 160 valence electrons. The van der Waals surface area contributed by atoms with Gasteiger partial charge in [-0.25, -0.2) is 4.98 Å². The first-order valence-electron chi connectivity index (χ1n) is 11.6. The SMILES string of the molecule is OCC1CC12CCN(c1ccc(Nc3ccnc(N4CCCCCC4)n3)cc1)CC2. The number of aliphatic hydroxyl groups is 1. The minimum absolute atomic E-state index is 0.364. The number of anilines is 4. The van der Waals surface area contributed by atoms with Crippen LogP contribution in [0.2, 0.25) is 0 Å². The van der Waals surface area contributed by atoms with Crippen molar-refractivity contribution < 1.29 is 5.11 Å². The van der Waals surface area contributed by atoms with Crippen LogP contribution < -0.4 is 15.1 Å². The molecule has 1 spiro atoms. The molecule has 2 aliphatic heterocycles. The van der Waals surface area contributed by atoms with Gasteiger partial charge < -0.3 is 20.2 Å². The van der Waals surface area contributed by atoms with Gasteiger partial charge in [0.25, 0.3) is 0 Å². The second-order valence-corrected chi connectivity index (χ2v) is 9.25. The Morgan fingerprint density at radius 3 is 2.33 bits per heavy atom. The molecule has 1 aromatic carbocycles. The van der Waals surface area contributed by atoms with Gasteiger partial charge in [-0.1, -0.05) is 12.8 Å². The lowest BCUT2D eigenvalue weighted by molar-refractivity contribution is 0.232. The van der Waals surface area contributed by atoms with Gasteiger partial charge in [-0.2, -0.15) is 4.98 Å². The summed E-state index contributed by atoms with van der Waals surface area (Å²) >= 11 is 0. The molecule has 3 fully saturated rings. The maximum Gasteiger partial charge on any atom is 0.227 e. The number of rotatable bonds is 5. The number of aromatic nitrogens is 2. The summed E-state index contributed by atoms with van der Waals surface area (Å²) in [6.45, 7) is 4.65. The van der Waals surface area contributed by atoms with Crippen LogP contribution >= 0.6 is 0 Å². The fourth-order valence-electron chi connectivity index (χ4n) is 5.26. The van der Waals surface area contributed by atoms with Crippen molar-refractivity contribution in [1.29, 1.82) is 0 Å². The minimum atomic E-state index is 0.364. The standard InChI is InChI=1S/C24H33N5O/c30-18-19-17-24(19)10-15-28(16-11-24)21-7-5-20(6-8-21)26-22-9-12-25-23(27-22)29-13-3-1-2-4-14-29/h5-9,12,19,30H,1-4,10-11,13-18H2,(H,25,26,27).